The average molecular weight is 490 g/mol. The van der Waals surface area contributed by atoms with Crippen LogP contribution in [-0.4, -0.2) is 84.2 Å². The van der Waals surface area contributed by atoms with E-state index in [4.69, 9.17) is 23.7 Å². The number of esters is 5. The lowest BCUT2D eigenvalue weighted by Gasteiger charge is -2.36. The predicted molar refractivity (Wildman–Crippen MR) is 110 cm³/mol. The molecule has 4 atom stereocenters. The maximum Gasteiger partial charge on any atom is 0.303 e. The Labute approximate surface area is 196 Å². The average Bonchev–Trinajstić information content (AvgIpc) is 2.65. The second-order valence-electron chi connectivity index (χ2n) is 7.04. The van der Waals surface area contributed by atoms with Gasteiger partial charge in [-0.15, -0.1) is 0 Å². The first-order valence-corrected chi connectivity index (χ1v) is 10.0. The Balaban J connectivity index is 6.55. The van der Waals surface area contributed by atoms with Crippen molar-refractivity contribution in [3.8, 4) is 0 Å². The molecule has 2 amide bonds. The van der Waals surface area contributed by atoms with E-state index in [1.165, 1.54) is 0 Å². The molecule has 0 rings (SSSR count). The Bertz CT molecular complexity index is 796. The van der Waals surface area contributed by atoms with Crippen LogP contribution in [0, 0.1) is 0 Å². The fourth-order valence-corrected chi connectivity index (χ4v) is 2.75. The molecule has 0 aliphatic heterocycles. The van der Waals surface area contributed by atoms with Crippen molar-refractivity contribution in [1.29, 1.82) is 0 Å². The maximum atomic E-state index is 12.0. The van der Waals surface area contributed by atoms with E-state index in [1.54, 1.807) is 0 Å². The van der Waals surface area contributed by atoms with Gasteiger partial charge in [0.15, 0.2) is 24.4 Å². The lowest BCUT2D eigenvalue weighted by Crippen LogP contribution is -2.58. The number of amides is 2. The Morgan fingerprint density at radius 2 is 1.03 bits per heavy atom. The highest BCUT2D eigenvalue weighted by atomic mass is 16.6. The van der Waals surface area contributed by atoms with Crippen molar-refractivity contribution in [2.24, 2.45) is 0 Å². The molecule has 0 aliphatic carbocycles. The summed E-state index contributed by atoms with van der Waals surface area (Å²) in [6, 6.07) is 0. The summed E-state index contributed by atoms with van der Waals surface area (Å²) in [5.41, 5.74) is 2.22. The summed E-state index contributed by atoms with van der Waals surface area (Å²) in [5.74, 6) is -5.62. The van der Waals surface area contributed by atoms with Gasteiger partial charge in [-0.1, -0.05) is 0 Å². The molecule has 0 saturated heterocycles. The molecule has 0 spiro atoms. The molecule has 1 N–H and O–H groups in total. The summed E-state index contributed by atoms with van der Waals surface area (Å²) in [7, 11) is 0. The molecule has 34 heavy (non-hydrogen) atoms. The standard InChI is InChI=1S/C20H30N2O12/c1-10(23)21-22(11(2)24)8-17(31-13(4)26)19(33-15(6)28)20(34-16(7)29)18(32-14(5)27)9-30-12(3)25/h17-20H,8-9H2,1-7H3,(H,21,23)/t17-,18-,19-,20-/m1/s1. The third-order valence-electron chi connectivity index (χ3n) is 3.78. The van der Waals surface area contributed by atoms with Crippen LogP contribution in [0.4, 0.5) is 0 Å². The zero-order valence-corrected chi connectivity index (χ0v) is 20.1. The van der Waals surface area contributed by atoms with Crippen LogP contribution in [0.25, 0.3) is 0 Å². The van der Waals surface area contributed by atoms with Crippen molar-refractivity contribution in [3.63, 3.8) is 0 Å². The number of carbonyl (C=O) groups excluding carboxylic acids is 7. The van der Waals surface area contributed by atoms with Gasteiger partial charge in [0, 0.05) is 48.5 Å². The van der Waals surface area contributed by atoms with E-state index in [0.717, 1.165) is 53.5 Å². The first-order chi connectivity index (χ1) is 15.6. The molecule has 0 aromatic rings. The lowest BCUT2D eigenvalue weighted by molar-refractivity contribution is -0.204. The third-order valence-corrected chi connectivity index (χ3v) is 3.78. The van der Waals surface area contributed by atoms with Crippen molar-refractivity contribution in [2.45, 2.75) is 72.9 Å². The monoisotopic (exact) mass is 490 g/mol. The van der Waals surface area contributed by atoms with Crippen LogP contribution in [0.1, 0.15) is 48.5 Å². The molecule has 14 nitrogen and oxygen atoms in total. The van der Waals surface area contributed by atoms with Crippen LogP contribution in [0.15, 0.2) is 0 Å². The Morgan fingerprint density at radius 3 is 1.38 bits per heavy atom. The number of hydrogen-bond donors (Lipinski definition) is 1. The molecule has 192 valence electrons. The number of rotatable bonds is 11. The van der Waals surface area contributed by atoms with E-state index in [0.29, 0.717) is 0 Å². The van der Waals surface area contributed by atoms with Crippen molar-refractivity contribution < 1.29 is 57.2 Å². The number of hydrazine groups is 1. The first kappa shape index (κ1) is 30.3. The van der Waals surface area contributed by atoms with Gasteiger partial charge in [-0.3, -0.25) is 44.0 Å². The van der Waals surface area contributed by atoms with E-state index in [2.05, 4.69) is 5.43 Å². The fourth-order valence-electron chi connectivity index (χ4n) is 2.75. The third kappa shape index (κ3) is 12.4. The van der Waals surface area contributed by atoms with E-state index in [-0.39, 0.29) is 0 Å². The normalized spacial score (nSPS) is 13.7. The molecule has 0 saturated carbocycles. The molecular formula is C20H30N2O12. The van der Waals surface area contributed by atoms with Crippen molar-refractivity contribution in [3.05, 3.63) is 0 Å². The molecule has 0 aromatic carbocycles. The zero-order chi connectivity index (χ0) is 26.6. The van der Waals surface area contributed by atoms with Crippen LogP contribution in [0.2, 0.25) is 0 Å². The quantitative estimate of drug-likeness (QED) is 0.216. The van der Waals surface area contributed by atoms with Gasteiger partial charge < -0.3 is 23.7 Å². The number of hydrogen-bond acceptors (Lipinski definition) is 12. The van der Waals surface area contributed by atoms with Crippen LogP contribution < -0.4 is 5.43 Å². The molecule has 0 radical (unpaired) electrons. The molecule has 0 unspecified atom stereocenters. The van der Waals surface area contributed by atoms with Crippen molar-refractivity contribution >= 4 is 41.7 Å². The van der Waals surface area contributed by atoms with Gasteiger partial charge >= 0.3 is 29.8 Å². The molecule has 0 bridgehead atoms. The topological polar surface area (TPSA) is 181 Å². The second-order valence-corrected chi connectivity index (χ2v) is 7.04. The van der Waals surface area contributed by atoms with Gasteiger partial charge in [0.25, 0.3) is 0 Å². The van der Waals surface area contributed by atoms with Crippen molar-refractivity contribution in [1.82, 2.24) is 10.4 Å². The van der Waals surface area contributed by atoms with Crippen molar-refractivity contribution in [2.75, 3.05) is 13.2 Å². The summed E-state index contributed by atoms with van der Waals surface area (Å²) < 4.78 is 25.7. The molecule has 0 heterocycles. The van der Waals surface area contributed by atoms with E-state index < -0.39 is 79.2 Å². The number of nitrogens with one attached hydrogen (secondary N) is 1. The van der Waals surface area contributed by atoms with Crippen LogP contribution >= 0.6 is 0 Å². The number of carbonyl (C=O) groups is 7. The van der Waals surface area contributed by atoms with Gasteiger partial charge in [0.1, 0.15) is 6.61 Å². The second kappa shape index (κ2) is 14.4. The Kier molecular flexibility index (Phi) is 12.9. The minimum Gasteiger partial charge on any atom is -0.462 e. The van der Waals surface area contributed by atoms with Gasteiger partial charge in [-0.2, -0.15) is 0 Å². The predicted octanol–water partition coefficient (Wildman–Crippen LogP) is -0.824. The Hall–Kier alpha value is -3.71. The summed E-state index contributed by atoms with van der Waals surface area (Å²) in [4.78, 5) is 82.0. The Morgan fingerprint density at radius 1 is 0.618 bits per heavy atom. The minimum absolute atomic E-state index is 0.551. The molecular weight excluding hydrogens is 460 g/mol. The van der Waals surface area contributed by atoms with Gasteiger partial charge in [-0.05, 0) is 0 Å². The molecule has 0 aliphatic rings. The highest BCUT2D eigenvalue weighted by molar-refractivity contribution is 5.79. The van der Waals surface area contributed by atoms with Gasteiger partial charge in [-0.25, -0.2) is 0 Å². The zero-order valence-electron chi connectivity index (χ0n) is 20.1. The van der Waals surface area contributed by atoms with E-state index >= 15 is 0 Å². The van der Waals surface area contributed by atoms with Crippen LogP contribution in [0.5, 0.6) is 0 Å². The van der Waals surface area contributed by atoms with Crippen LogP contribution in [-0.2, 0) is 57.2 Å². The largest absolute Gasteiger partial charge is 0.462 e. The lowest BCUT2D eigenvalue weighted by atomic mass is 10.0. The first-order valence-electron chi connectivity index (χ1n) is 10.0. The van der Waals surface area contributed by atoms with E-state index in [1.807, 2.05) is 0 Å². The minimum atomic E-state index is -1.67. The molecule has 0 fully saturated rings. The summed E-state index contributed by atoms with van der Waals surface area (Å²) >= 11 is 0. The van der Waals surface area contributed by atoms with Gasteiger partial charge in [0.05, 0.1) is 6.54 Å². The SMILES string of the molecule is CC(=O)NN(C[C@@H](OC(C)=O)[C@@H](OC(C)=O)[C@H](OC(C)=O)[C@@H](COC(C)=O)OC(C)=O)C(C)=O. The smallest absolute Gasteiger partial charge is 0.303 e. The summed E-state index contributed by atoms with van der Waals surface area (Å²) in [6.07, 6.45) is -6.35. The fraction of sp³-hybridized carbons (Fsp3) is 0.650. The summed E-state index contributed by atoms with van der Waals surface area (Å²) in [5, 5.41) is 0.782. The number of ether oxygens (including phenoxy) is 5. The molecule has 0 aromatic heterocycles. The maximum absolute atomic E-state index is 12.0. The molecule has 14 heteroatoms. The van der Waals surface area contributed by atoms with Gasteiger partial charge in [0.2, 0.25) is 11.8 Å². The summed E-state index contributed by atoms with van der Waals surface area (Å²) in [6.45, 7) is 6.22. The highest BCUT2D eigenvalue weighted by Gasteiger charge is 2.44. The van der Waals surface area contributed by atoms with Crippen LogP contribution in [0.3, 0.4) is 0 Å². The highest BCUT2D eigenvalue weighted by Crippen LogP contribution is 2.21. The number of nitrogens with zero attached hydrogens (tertiary/aromatic N) is 1. The van der Waals surface area contributed by atoms with E-state index in [9.17, 15) is 33.6 Å².